The molecule has 0 saturated heterocycles. The van der Waals surface area contributed by atoms with Crippen LogP contribution in [0.25, 0.3) is 0 Å². The molecule has 0 bridgehead atoms. The van der Waals surface area contributed by atoms with Crippen LogP contribution in [0.5, 0.6) is 5.75 Å². The number of aromatic nitrogens is 2. The van der Waals surface area contributed by atoms with Crippen molar-refractivity contribution >= 4 is 11.6 Å². The Morgan fingerprint density at radius 2 is 2.03 bits per heavy atom. The zero-order valence-corrected chi connectivity index (χ0v) is 18.3. The number of nitrogens with one attached hydrogen (secondary N) is 1. The van der Waals surface area contributed by atoms with Crippen molar-refractivity contribution in [2.75, 3.05) is 7.11 Å². The number of ether oxygens (including phenoxy) is 1. The van der Waals surface area contributed by atoms with Crippen LogP contribution in [0.3, 0.4) is 0 Å². The van der Waals surface area contributed by atoms with E-state index in [-0.39, 0.29) is 36.0 Å². The fourth-order valence-electron chi connectivity index (χ4n) is 4.24. The van der Waals surface area contributed by atoms with Crippen molar-refractivity contribution in [1.82, 2.24) is 15.3 Å². The van der Waals surface area contributed by atoms with Gasteiger partial charge in [-0.15, -0.1) is 0 Å². The third-order valence-electron chi connectivity index (χ3n) is 6.07. The van der Waals surface area contributed by atoms with Crippen molar-refractivity contribution in [2.24, 2.45) is 16.8 Å². The number of oxime groups is 1. The smallest absolute Gasteiger partial charge is 0.270 e. The van der Waals surface area contributed by atoms with Gasteiger partial charge >= 0.3 is 0 Å². The summed E-state index contributed by atoms with van der Waals surface area (Å²) < 4.78 is 18.6. The first-order chi connectivity index (χ1) is 15.4. The molecule has 1 aromatic carbocycles. The SMILES string of the molecule is COc1cc(CNC(=O)c2cc(C3=NOC(C4CCC(N)CC4)C3)nc(C)n2)ccc1F. The van der Waals surface area contributed by atoms with Crippen LogP contribution in [-0.2, 0) is 11.4 Å². The highest BCUT2D eigenvalue weighted by molar-refractivity contribution is 6.01. The lowest BCUT2D eigenvalue weighted by atomic mass is 9.81. The summed E-state index contributed by atoms with van der Waals surface area (Å²) in [5, 5.41) is 7.06. The average molecular weight is 442 g/mol. The maximum absolute atomic E-state index is 13.6. The molecule has 2 aromatic rings. The molecular formula is C23H28FN5O3. The summed E-state index contributed by atoms with van der Waals surface area (Å²) in [4.78, 5) is 27.2. The summed E-state index contributed by atoms with van der Waals surface area (Å²) >= 11 is 0. The van der Waals surface area contributed by atoms with E-state index in [1.807, 2.05) is 0 Å². The Morgan fingerprint density at radius 3 is 2.78 bits per heavy atom. The molecule has 2 heterocycles. The normalized spacial score (nSPS) is 22.8. The number of aryl methyl sites for hydroxylation is 1. The molecule has 4 rings (SSSR count). The maximum atomic E-state index is 13.6. The average Bonchev–Trinajstić information content (AvgIpc) is 3.29. The lowest BCUT2D eigenvalue weighted by Crippen LogP contribution is -2.32. The van der Waals surface area contributed by atoms with E-state index >= 15 is 0 Å². The van der Waals surface area contributed by atoms with Gasteiger partial charge in [0.15, 0.2) is 11.6 Å². The standard InChI is InChI=1S/C23H28FN5O3/c1-13-27-18(19-11-21(32-29-19)15-4-6-16(25)7-5-15)10-20(28-13)23(30)26-12-14-3-8-17(24)22(9-14)31-2/h3,8-10,15-16,21H,4-7,11-12,25H2,1-2H3,(H,26,30). The third-order valence-corrected chi connectivity index (χ3v) is 6.07. The number of nitrogens with zero attached hydrogens (tertiary/aromatic N) is 3. The van der Waals surface area contributed by atoms with Crippen LogP contribution in [0.2, 0.25) is 0 Å². The Balaban J connectivity index is 1.41. The number of amides is 1. The second-order valence-electron chi connectivity index (χ2n) is 8.40. The van der Waals surface area contributed by atoms with Crippen molar-refractivity contribution in [3.8, 4) is 5.75 Å². The number of methoxy groups -OCH3 is 1. The molecule has 9 heteroatoms. The molecule has 1 fully saturated rings. The predicted octanol–water partition coefficient (Wildman–Crippen LogP) is 2.87. The summed E-state index contributed by atoms with van der Waals surface area (Å²) in [7, 11) is 1.40. The van der Waals surface area contributed by atoms with E-state index in [9.17, 15) is 9.18 Å². The van der Waals surface area contributed by atoms with Crippen molar-refractivity contribution in [2.45, 2.75) is 57.7 Å². The Morgan fingerprint density at radius 1 is 1.25 bits per heavy atom. The molecule has 1 aromatic heterocycles. The highest BCUT2D eigenvalue weighted by atomic mass is 19.1. The van der Waals surface area contributed by atoms with Crippen LogP contribution in [-0.4, -0.2) is 40.8 Å². The van der Waals surface area contributed by atoms with E-state index in [0.29, 0.717) is 29.4 Å². The minimum atomic E-state index is -0.451. The Bertz CT molecular complexity index is 1020. The Kier molecular flexibility index (Phi) is 6.64. The first-order valence-corrected chi connectivity index (χ1v) is 10.9. The molecule has 1 aliphatic carbocycles. The first kappa shape index (κ1) is 22.1. The quantitative estimate of drug-likeness (QED) is 0.713. The molecule has 0 radical (unpaired) electrons. The maximum Gasteiger partial charge on any atom is 0.270 e. The first-order valence-electron chi connectivity index (χ1n) is 10.9. The molecule has 2 aliphatic rings. The monoisotopic (exact) mass is 441 g/mol. The number of carbonyl (C=O) groups is 1. The van der Waals surface area contributed by atoms with Gasteiger partial charge in [-0.2, -0.15) is 0 Å². The minimum Gasteiger partial charge on any atom is -0.494 e. The highest BCUT2D eigenvalue weighted by Gasteiger charge is 2.33. The van der Waals surface area contributed by atoms with Gasteiger partial charge in [-0.3, -0.25) is 4.79 Å². The van der Waals surface area contributed by atoms with E-state index in [0.717, 1.165) is 31.4 Å². The molecule has 1 saturated carbocycles. The molecule has 3 N–H and O–H groups in total. The fraction of sp³-hybridized carbons (Fsp3) is 0.478. The second kappa shape index (κ2) is 9.60. The largest absolute Gasteiger partial charge is 0.494 e. The molecule has 1 amide bonds. The van der Waals surface area contributed by atoms with E-state index in [1.54, 1.807) is 25.1 Å². The van der Waals surface area contributed by atoms with Gasteiger partial charge in [-0.05, 0) is 62.3 Å². The van der Waals surface area contributed by atoms with Gasteiger partial charge in [0.2, 0.25) is 0 Å². The van der Waals surface area contributed by atoms with Gasteiger partial charge in [-0.1, -0.05) is 11.2 Å². The van der Waals surface area contributed by atoms with Crippen molar-refractivity contribution in [3.63, 3.8) is 0 Å². The molecule has 1 aliphatic heterocycles. The summed E-state index contributed by atoms with van der Waals surface area (Å²) in [6.45, 7) is 1.95. The molecule has 0 spiro atoms. The van der Waals surface area contributed by atoms with Gasteiger partial charge in [0.05, 0.1) is 12.8 Å². The number of halogens is 1. The number of hydrogen-bond donors (Lipinski definition) is 2. The van der Waals surface area contributed by atoms with Gasteiger partial charge in [0.25, 0.3) is 5.91 Å². The van der Waals surface area contributed by atoms with Crippen molar-refractivity contribution in [1.29, 1.82) is 0 Å². The van der Waals surface area contributed by atoms with Crippen LogP contribution < -0.4 is 15.8 Å². The number of nitrogens with two attached hydrogens (primary N) is 1. The molecule has 170 valence electrons. The Labute approximate surface area is 186 Å². The van der Waals surface area contributed by atoms with Crippen LogP contribution >= 0.6 is 0 Å². The van der Waals surface area contributed by atoms with Crippen molar-refractivity contribution < 1.29 is 18.8 Å². The molecular weight excluding hydrogens is 413 g/mol. The van der Waals surface area contributed by atoms with Gasteiger partial charge in [0, 0.05) is 19.0 Å². The minimum absolute atomic E-state index is 0.0264. The summed E-state index contributed by atoms with van der Waals surface area (Å²) in [6.07, 6.45) is 4.79. The van der Waals surface area contributed by atoms with Crippen LogP contribution in [0.15, 0.2) is 29.4 Å². The zero-order chi connectivity index (χ0) is 22.7. The Hall–Kier alpha value is -3.07. The van der Waals surface area contributed by atoms with E-state index in [4.69, 9.17) is 15.3 Å². The number of benzene rings is 1. The summed E-state index contributed by atoms with van der Waals surface area (Å²) in [5.41, 5.74) is 8.30. The highest BCUT2D eigenvalue weighted by Crippen LogP contribution is 2.32. The van der Waals surface area contributed by atoms with Crippen molar-refractivity contribution in [3.05, 3.63) is 52.9 Å². The molecule has 1 unspecified atom stereocenters. The number of carbonyl (C=O) groups excluding carboxylic acids is 1. The van der Waals surface area contributed by atoms with E-state index in [1.165, 1.54) is 13.2 Å². The molecule has 32 heavy (non-hydrogen) atoms. The number of hydrogen-bond acceptors (Lipinski definition) is 7. The predicted molar refractivity (Wildman–Crippen MR) is 117 cm³/mol. The van der Waals surface area contributed by atoms with Gasteiger partial charge < -0.3 is 20.6 Å². The third kappa shape index (κ3) is 5.04. The van der Waals surface area contributed by atoms with Gasteiger partial charge in [-0.25, -0.2) is 14.4 Å². The number of rotatable bonds is 6. The molecule has 1 atom stereocenters. The summed E-state index contributed by atoms with van der Waals surface area (Å²) in [5.74, 6) is 0.246. The lowest BCUT2D eigenvalue weighted by Gasteiger charge is -2.28. The topological polar surface area (TPSA) is 112 Å². The van der Waals surface area contributed by atoms with Crippen LogP contribution in [0, 0.1) is 18.7 Å². The van der Waals surface area contributed by atoms with E-state index in [2.05, 4.69) is 20.4 Å². The second-order valence-corrected chi connectivity index (χ2v) is 8.40. The van der Waals surface area contributed by atoms with Crippen LogP contribution in [0.4, 0.5) is 4.39 Å². The van der Waals surface area contributed by atoms with E-state index < -0.39 is 5.82 Å². The fourth-order valence-corrected chi connectivity index (χ4v) is 4.24. The molecule has 8 nitrogen and oxygen atoms in total. The summed E-state index contributed by atoms with van der Waals surface area (Å²) in [6, 6.07) is 6.37. The zero-order valence-electron chi connectivity index (χ0n) is 18.3. The van der Waals surface area contributed by atoms with Crippen LogP contribution in [0.1, 0.15) is 59.7 Å². The lowest BCUT2D eigenvalue weighted by molar-refractivity contribution is 0.0249. The van der Waals surface area contributed by atoms with Gasteiger partial charge in [0.1, 0.15) is 23.3 Å².